The van der Waals surface area contributed by atoms with E-state index in [1.165, 1.54) is 11.3 Å². The number of hydrogen-bond donors (Lipinski definition) is 1. The highest BCUT2D eigenvalue weighted by Crippen LogP contribution is 2.27. The second kappa shape index (κ2) is 4.48. The van der Waals surface area contributed by atoms with E-state index in [4.69, 9.17) is 6.42 Å². The molecule has 3 heteroatoms. The van der Waals surface area contributed by atoms with Crippen LogP contribution in [0.3, 0.4) is 0 Å². The highest BCUT2D eigenvalue weighted by atomic mass is 32.1. The number of hydrogen-bond acceptors (Lipinski definition) is 3. The van der Waals surface area contributed by atoms with E-state index in [0.717, 1.165) is 10.4 Å². The van der Waals surface area contributed by atoms with Gasteiger partial charge >= 0.3 is 0 Å². The fraction of sp³-hybridized carbons (Fsp3) is 0.154. The van der Waals surface area contributed by atoms with Gasteiger partial charge in [0.15, 0.2) is 0 Å². The summed E-state index contributed by atoms with van der Waals surface area (Å²) in [5.41, 5.74) is 1.45. The Morgan fingerprint density at radius 3 is 2.62 bits per heavy atom. The number of terminal acetylenes is 1. The summed E-state index contributed by atoms with van der Waals surface area (Å²) < 4.78 is 0. The molecule has 0 radical (unpaired) electrons. The monoisotopic (exact) mass is 229 g/mol. The summed E-state index contributed by atoms with van der Waals surface area (Å²) in [4.78, 5) is 5.20. The van der Waals surface area contributed by atoms with Crippen molar-refractivity contribution in [3.8, 4) is 12.3 Å². The third-order valence-corrected chi connectivity index (χ3v) is 3.32. The molecule has 0 spiro atoms. The molecule has 2 nitrogen and oxygen atoms in total. The second-order valence-electron chi connectivity index (χ2n) is 3.41. The van der Waals surface area contributed by atoms with Crippen molar-refractivity contribution >= 4 is 11.3 Å². The van der Waals surface area contributed by atoms with Gasteiger partial charge in [-0.3, -0.25) is 0 Å². The largest absolute Gasteiger partial charge is 0.381 e. The number of aliphatic hydroxyl groups is 1. The second-order valence-corrected chi connectivity index (χ2v) is 4.65. The van der Waals surface area contributed by atoms with Crippen LogP contribution in [0.15, 0.2) is 30.3 Å². The number of aliphatic hydroxyl groups excluding tert-OH is 1. The third-order valence-electron chi connectivity index (χ3n) is 2.30. The normalized spacial score (nSPS) is 12.1. The Bertz CT molecular complexity index is 525. The molecule has 0 aliphatic rings. The van der Waals surface area contributed by atoms with Crippen LogP contribution in [0, 0.1) is 19.3 Å². The van der Waals surface area contributed by atoms with Gasteiger partial charge in [-0.1, -0.05) is 30.3 Å². The van der Waals surface area contributed by atoms with Gasteiger partial charge < -0.3 is 5.11 Å². The maximum absolute atomic E-state index is 10.1. The molecule has 1 unspecified atom stereocenters. The third kappa shape index (κ3) is 1.99. The van der Waals surface area contributed by atoms with Crippen molar-refractivity contribution in [2.75, 3.05) is 0 Å². The van der Waals surface area contributed by atoms with Crippen LogP contribution < -0.4 is 0 Å². The van der Waals surface area contributed by atoms with Crippen LogP contribution in [0.1, 0.15) is 27.2 Å². The maximum atomic E-state index is 10.1. The molecular formula is C13H11NOS. The first kappa shape index (κ1) is 10.9. The minimum Gasteiger partial charge on any atom is -0.381 e. The molecule has 16 heavy (non-hydrogen) atoms. The summed E-state index contributed by atoms with van der Waals surface area (Å²) in [6.45, 7) is 1.91. The summed E-state index contributed by atoms with van der Waals surface area (Å²) >= 11 is 1.44. The van der Waals surface area contributed by atoms with Crippen LogP contribution in [-0.2, 0) is 0 Å². The number of benzene rings is 1. The zero-order valence-electron chi connectivity index (χ0n) is 8.84. The van der Waals surface area contributed by atoms with Crippen molar-refractivity contribution in [1.29, 1.82) is 0 Å². The molecule has 2 aromatic rings. The van der Waals surface area contributed by atoms with Crippen LogP contribution in [0.25, 0.3) is 0 Å². The summed E-state index contributed by atoms with van der Waals surface area (Å²) in [6, 6.07) is 9.44. The molecule has 1 aromatic heterocycles. The molecule has 0 saturated heterocycles. The minimum atomic E-state index is -0.688. The summed E-state index contributed by atoms with van der Waals surface area (Å²) in [5, 5.41) is 10.8. The lowest BCUT2D eigenvalue weighted by Crippen LogP contribution is -1.98. The number of rotatable bonds is 2. The lowest BCUT2D eigenvalue weighted by Gasteiger charge is -2.06. The van der Waals surface area contributed by atoms with Gasteiger partial charge in [0, 0.05) is 4.88 Å². The molecule has 1 N–H and O–H groups in total. The van der Waals surface area contributed by atoms with Gasteiger partial charge in [0.2, 0.25) is 0 Å². The van der Waals surface area contributed by atoms with Gasteiger partial charge in [-0.05, 0) is 18.4 Å². The van der Waals surface area contributed by atoms with Crippen molar-refractivity contribution in [1.82, 2.24) is 4.98 Å². The molecular weight excluding hydrogens is 218 g/mol. The van der Waals surface area contributed by atoms with Gasteiger partial charge in [0.25, 0.3) is 0 Å². The Morgan fingerprint density at radius 1 is 1.38 bits per heavy atom. The van der Waals surface area contributed by atoms with Gasteiger partial charge in [-0.25, -0.2) is 4.98 Å². The van der Waals surface area contributed by atoms with Crippen LogP contribution in [0.5, 0.6) is 0 Å². The van der Waals surface area contributed by atoms with Crippen LogP contribution >= 0.6 is 11.3 Å². The Labute approximate surface area is 98.6 Å². The zero-order chi connectivity index (χ0) is 11.5. The van der Waals surface area contributed by atoms with E-state index in [1.807, 2.05) is 37.3 Å². The molecule has 0 aliphatic heterocycles. The topological polar surface area (TPSA) is 33.1 Å². The molecule has 2 rings (SSSR count). The molecule has 1 aromatic carbocycles. The fourth-order valence-corrected chi connectivity index (χ4v) is 2.35. The molecule has 0 bridgehead atoms. The van der Waals surface area contributed by atoms with Gasteiger partial charge in [0.05, 0.1) is 0 Å². The first-order valence-electron chi connectivity index (χ1n) is 4.89. The Kier molecular flexibility index (Phi) is 3.04. The van der Waals surface area contributed by atoms with Crippen LogP contribution in [0.4, 0.5) is 0 Å². The molecule has 1 heterocycles. The fourth-order valence-electron chi connectivity index (χ4n) is 1.45. The van der Waals surface area contributed by atoms with E-state index in [-0.39, 0.29) is 0 Å². The number of aromatic nitrogens is 1. The average Bonchev–Trinajstić information content (AvgIpc) is 2.71. The van der Waals surface area contributed by atoms with Gasteiger partial charge in [-0.2, -0.15) is 0 Å². The lowest BCUT2D eigenvalue weighted by molar-refractivity contribution is 0.219. The standard InChI is InChI=1S/C13H11NOS/c1-3-11-9(2)16-13(14-11)12(15)10-7-5-4-6-8-10/h1,4-8,12,15H,2H3. The van der Waals surface area contributed by atoms with E-state index in [0.29, 0.717) is 10.7 Å². The van der Waals surface area contributed by atoms with E-state index in [2.05, 4.69) is 10.9 Å². The average molecular weight is 229 g/mol. The number of thiazole rings is 1. The summed E-state index contributed by atoms with van der Waals surface area (Å²) in [5.74, 6) is 2.51. The summed E-state index contributed by atoms with van der Waals surface area (Å²) in [7, 11) is 0. The molecule has 0 amide bonds. The lowest BCUT2D eigenvalue weighted by atomic mass is 10.1. The van der Waals surface area contributed by atoms with Crippen molar-refractivity contribution in [3.05, 3.63) is 51.5 Å². The van der Waals surface area contributed by atoms with E-state index < -0.39 is 6.10 Å². The maximum Gasteiger partial charge on any atom is 0.131 e. The van der Waals surface area contributed by atoms with Crippen LogP contribution in [-0.4, -0.2) is 10.1 Å². The van der Waals surface area contributed by atoms with Crippen LogP contribution in [0.2, 0.25) is 0 Å². The quantitative estimate of drug-likeness (QED) is 0.803. The van der Waals surface area contributed by atoms with E-state index in [1.54, 1.807) is 0 Å². The minimum absolute atomic E-state index is 0.620. The highest BCUT2D eigenvalue weighted by Gasteiger charge is 2.15. The Balaban J connectivity index is 2.35. The van der Waals surface area contributed by atoms with E-state index in [9.17, 15) is 5.11 Å². The molecule has 0 fully saturated rings. The summed E-state index contributed by atoms with van der Waals surface area (Å²) in [6.07, 6.45) is 4.63. The zero-order valence-corrected chi connectivity index (χ0v) is 9.66. The molecule has 0 saturated carbocycles. The van der Waals surface area contributed by atoms with E-state index >= 15 is 0 Å². The van der Waals surface area contributed by atoms with Crippen molar-refractivity contribution in [2.24, 2.45) is 0 Å². The first-order valence-corrected chi connectivity index (χ1v) is 5.71. The predicted molar refractivity (Wildman–Crippen MR) is 65.3 cm³/mol. The highest BCUT2D eigenvalue weighted by molar-refractivity contribution is 7.11. The van der Waals surface area contributed by atoms with Crippen molar-refractivity contribution < 1.29 is 5.11 Å². The molecule has 0 aliphatic carbocycles. The smallest absolute Gasteiger partial charge is 0.131 e. The number of aryl methyl sites for hydroxylation is 1. The van der Waals surface area contributed by atoms with Crippen molar-refractivity contribution in [2.45, 2.75) is 13.0 Å². The van der Waals surface area contributed by atoms with Gasteiger partial charge in [-0.15, -0.1) is 17.8 Å². The SMILES string of the molecule is C#Cc1nc(C(O)c2ccccc2)sc1C. The Hall–Kier alpha value is -1.63. The molecule has 80 valence electrons. The Morgan fingerprint density at radius 2 is 2.06 bits per heavy atom. The first-order chi connectivity index (χ1) is 7.72. The molecule has 1 atom stereocenters. The van der Waals surface area contributed by atoms with Gasteiger partial charge in [0.1, 0.15) is 16.8 Å². The number of nitrogens with zero attached hydrogens (tertiary/aromatic N) is 1. The van der Waals surface area contributed by atoms with Crippen molar-refractivity contribution in [3.63, 3.8) is 0 Å². The predicted octanol–water partition coefficient (Wildman–Crippen LogP) is 2.51.